The maximum Gasteiger partial charge on any atom is 0.433 e. The Kier molecular flexibility index (Phi) is 7.93. The fourth-order valence-corrected chi connectivity index (χ4v) is 4.09. The first-order chi connectivity index (χ1) is 16.0. The molecule has 2 heterocycles. The minimum absolute atomic E-state index is 0.0499. The van der Waals surface area contributed by atoms with E-state index in [2.05, 4.69) is 15.2 Å². The van der Waals surface area contributed by atoms with Gasteiger partial charge in [0.25, 0.3) is 0 Å². The molecule has 0 bridgehead atoms. The number of anilines is 1. The lowest BCUT2D eigenvalue weighted by molar-refractivity contribution is -0.141. The molecule has 0 spiro atoms. The molecule has 0 saturated carbocycles. The van der Waals surface area contributed by atoms with Crippen LogP contribution in [0.15, 0.2) is 47.4 Å². The number of rotatable bonds is 10. The van der Waals surface area contributed by atoms with E-state index >= 15 is 0 Å². The molecular weight excluding hydrogens is 471 g/mol. The van der Waals surface area contributed by atoms with E-state index in [0.29, 0.717) is 30.3 Å². The number of aliphatic hydroxyl groups is 1. The number of halogens is 3. The van der Waals surface area contributed by atoms with Crippen molar-refractivity contribution in [3.05, 3.63) is 53.9 Å². The highest BCUT2D eigenvalue weighted by Crippen LogP contribution is 2.29. The van der Waals surface area contributed by atoms with Crippen LogP contribution in [0.5, 0.6) is 0 Å². The molecule has 12 heteroatoms. The molecule has 0 radical (unpaired) electrons. The Hall–Kier alpha value is -2.99. The highest BCUT2D eigenvalue weighted by Gasteiger charge is 2.32. The number of pyridine rings is 1. The molecule has 3 aromatic rings. The van der Waals surface area contributed by atoms with Gasteiger partial charge in [-0.2, -0.15) is 13.2 Å². The summed E-state index contributed by atoms with van der Waals surface area (Å²) in [5.74, 6) is 0.713. The molecule has 1 aromatic carbocycles. The second kappa shape index (κ2) is 10.5. The van der Waals surface area contributed by atoms with Crippen molar-refractivity contribution in [3.8, 4) is 11.4 Å². The average Bonchev–Trinajstić information content (AvgIpc) is 3.19. The van der Waals surface area contributed by atoms with E-state index in [0.717, 1.165) is 25.2 Å². The lowest BCUT2D eigenvalue weighted by Gasteiger charge is -2.20. The smallest absolute Gasteiger partial charge is 0.396 e. The van der Waals surface area contributed by atoms with Gasteiger partial charge in [0, 0.05) is 32.0 Å². The number of sulfone groups is 1. The fraction of sp³-hybridized carbons (Fsp3) is 0.409. The Morgan fingerprint density at radius 1 is 1.06 bits per heavy atom. The maximum absolute atomic E-state index is 13.2. The molecule has 0 fully saturated rings. The molecule has 0 aliphatic carbocycles. The van der Waals surface area contributed by atoms with Crippen LogP contribution in [0.2, 0.25) is 0 Å². The van der Waals surface area contributed by atoms with Crippen LogP contribution in [-0.4, -0.2) is 59.7 Å². The predicted octanol–water partition coefficient (Wildman–Crippen LogP) is 3.41. The van der Waals surface area contributed by atoms with Crippen LogP contribution in [0.3, 0.4) is 0 Å². The third-order valence-corrected chi connectivity index (χ3v) is 6.27. The third kappa shape index (κ3) is 6.32. The fourth-order valence-electron chi connectivity index (χ4n) is 3.43. The molecule has 0 atom stereocenters. The summed E-state index contributed by atoms with van der Waals surface area (Å²) in [4.78, 5) is 5.67. The third-order valence-electron chi connectivity index (χ3n) is 5.16. The molecule has 0 saturated heterocycles. The number of benzene rings is 1. The number of alkyl halides is 3. The largest absolute Gasteiger partial charge is 0.433 e. The zero-order valence-corrected chi connectivity index (χ0v) is 19.6. The predicted molar refractivity (Wildman–Crippen MR) is 121 cm³/mol. The summed E-state index contributed by atoms with van der Waals surface area (Å²) in [7, 11) is -1.69. The number of aliphatic hydroxyl groups excluding tert-OH is 1. The van der Waals surface area contributed by atoms with E-state index in [1.54, 1.807) is 23.7 Å². The van der Waals surface area contributed by atoms with E-state index in [-0.39, 0.29) is 23.7 Å². The zero-order valence-electron chi connectivity index (χ0n) is 18.8. The number of unbranched alkanes of at least 4 members (excludes halogenated alkanes) is 2. The van der Waals surface area contributed by atoms with Gasteiger partial charge in [0.2, 0.25) is 5.95 Å². The quantitative estimate of drug-likeness (QED) is 0.429. The van der Waals surface area contributed by atoms with Crippen LogP contribution in [0.1, 0.15) is 30.7 Å². The molecule has 1 N–H and O–H groups in total. The number of nitrogens with zero attached hydrogens (tertiary/aromatic N) is 5. The first kappa shape index (κ1) is 25.6. The van der Waals surface area contributed by atoms with Gasteiger partial charge in [-0.3, -0.25) is 4.57 Å². The van der Waals surface area contributed by atoms with E-state index in [1.807, 2.05) is 4.90 Å². The van der Waals surface area contributed by atoms with E-state index in [9.17, 15) is 21.6 Å². The van der Waals surface area contributed by atoms with Gasteiger partial charge in [-0.1, -0.05) is 18.2 Å². The van der Waals surface area contributed by atoms with Gasteiger partial charge < -0.3 is 10.0 Å². The highest BCUT2D eigenvalue weighted by atomic mass is 32.2. The van der Waals surface area contributed by atoms with Crippen molar-refractivity contribution in [2.45, 2.75) is 36.9 Å². The highest BCUT2D eigenvalue weighted by molar-refractivity contribution is 7.90. The van der Waals surface area contributed by atoms with Crippen molar-refractivity contribution in [3.63, 3.8) is 0 Å². The normalized spacial score (nSPS) is 12.2. The van der Waals surface area contributed by atoms with Crippen molar-refractivity contribution < 1.29 is 26.7 Å². The Bertz CT molecular complexity index is 1230. The van der Waals surface area contributed by atoms with Crippen molar-refractivity contribution in [1.82, 2.24) is 19.7 Å². The molecule has 0 aliphatic heterocycles. The molecule has 34 heavy (non-hydrogen) atoms. The van der Waals surface area contributed by atoms with Crippen LogP contribution in [-0.2, 0) is 22.6 Å². The monoisotopic (exact) mass is 497 g/mol. The van der Waals surface area contributed by atoms with Crippen molar-refractivity contribution in [2.24, 2.45) is 0 Å². The molecular formula is C22H26F3N5O3S. The van der Waals surface area contributed by atoms with Gasteiger partial charge in [0.05, 0.1) is 17.1 Å². The van der Waals surface area contributed by atoms with E-state index in [1.165, 1.54) is 24.3 Å². The topological polar surface area (TPSA) is 101 Å². The van der Waals surface area contributed by atoms with Gasteiger partial charge in [0.15, 0.2) is 15.7 Å². The SMILES string of the molecule is CN(CCCCCO)c1nnc(-c2cccc(S(C)(=O)=O)c2)n1Cc1cccc(C(F)(F)F)n1. The minimum atomic E-state index is -4.58. The lowest BCUT2D eigenvalue weighted by atomic mass is 10.2. The number of aromatic nitrogens is 4. The van der Waals surface area contributed by atoms with Gasteiger partial charge >= 0.3 is 6.18 Å². The van der Waals surface area contributed by atoms with Crippen LogP contribution < -0.4 is 4.90 Å². The van der Waals surface area contributed by atoms with Crippen LogP contribution in [0.4, 0.5) is 19.1 Å². The summed E-state index contributed by atoms with van der Waals surface area (Å²) in [6.45, 7) is 0.630. The first-order valence-electron chi connectivity index (χ1n) is 10.6. The molecule has 2 aromatic heterocycles. The summed E-state index contributed by atoms with van der Waals surface area (Å²) in [5.41, 5.74) is -0.384. The van der Waals surface area contributed by atoms with E-state index in [4.69, 9.17) is 5.11 Å². The zero-order chi connectivity index (χ0) is 24.9. The van der Waals surface area contributed by atoms with Crippen molar-refractivity contribution in [2.75, 3.05) is 31.4 Å². The minimum Gasteiger partial charge on any atom is -0.396 e. The summed E-state index contributed by atoms with van der Waals surface area (Å²) in [6, 6.07) is 9.84. The van der Waals surface area contributed by atoms with Crippen molar-refractivity contribution >= 4 is 15.8 Å². The standard InChI is InChI=1S/C22H26F3N5O3S/c1-29(12-4-3-5-13-31)21-28-27-20(16-8-6-10-18(14-16)34(2,32)33)30(21)15-17-9-7-11-19(26-17)22(23,24)25/h6-11,14,31H,3-5,12-13,15H2,1-2H3. The van der Waals surface area contributed by atoms with Gasteiger partial charge in [0.1, 0.15) is 5.69 Å². The summed E-state index contributed by atoms with van der Waals surface area (Å²) in [5, 5.41) is 17.4. The second-order valence-electron chi connectivity index (χ2n) is 7.93. The van der Waals surface area contributed by atoms with Crippen molar-refractivity contribution in [1.29, 1.82) is 0 Å². The molecule has 3 rings (SSSR count). The first-order valence-corrected chi connectivity index (χ1v) is 12.5. The summed E-state index contributed by atoms with van der Waals surface area (Å²) in [6.07, 6.45) is -1.26. The van der Waals surface area contributed by atoms with Crippen LogP contribution in [0, 0.1) is 0 Å². The number of hydrogen-bond acceptors (Lipinski definition) is 7. The van der Waals surface area contributed by atoms with Gasteiger partial charge in [-0.25, -0.2) is 13.4 Å². The van der Waals surface area contributed by atoms with Crippen LogP contribution >= 0.6 is 0 Å². The van der Waals surface area contributed by atoms with Gasteiger partial charge in [-0.05, 0) is 43.5 Å². The molecule has 184 valence electrons. The van der Waals surface area contributed by atoms with Gasteiger partial charge in [-0.15, -0.1) is 10.2 Å². The van der Waals surface area contributed by atoms with E-state index < -0.39 is 21.7 Å². The Morgan fingerprint density at radius 3 is 2.47 bits per heavy atom. The Labute approximate surface area is 196 Å². The number of hydrogen-bond donors (Lipinski definition) is 1. The molecule has 0 aliphatic rings. The molecule has 0 unspecified atom stereocenters. The lowest BCUT2D eigenvalue weighted by Crippen LogP contribution is -2.23. The maximum atomic E-state index is 13.2. The summed E-state index contributed by atoms with van der Waals surface area (Å²) < 4.78 is 65.2. The Morgan fingerprint density at radius 2 is 1.79 bits per heavy atom. The molecule has 8 nitrogen and oxygen atoms in total. The second-order valence-corrected chi connectivity index (χ2v) is 9.94. The summed E-state index contributed by atoms with van der Waals surface area (Å²) >= 11 is 0. The molecule has 0 amide bonds. The van der Waals surface area contributed by atoms with Crippen LogP contribution in [0.25, 0.3) is 11.4 Å². The average molecular weight is 498 g/mol. The Balaban J connectivity index is 2.03.